The molecule has 0 fully saturated rings. The molecule has 0 spiro atoms. The third-order valence-corrected chi connectivity index (χ3v) is 3.81. The lowest BCUT2D eigenvalue weighted by molar-refractivity contribution is 0.0523. The molecule has 3 rings (SSSR count). The number of rotatable bonds is 2. The highest BCUT2D eigenvalue weighted by molar-refractivity contribution is 5.98. The number of nitrogens with zero attached hydrogens (tertiary/aromatic N) is 2. The average molecular weight is 338 g/mol. The minimum atomic E-state index is -0.594. The van der Waals surface area contributed by atoms with Gasteiger partial charge in [0, 0.05) is 10.9 Å². The normalized spacial score (nSPS) is 11.7. The van der Waals surface area contributed by atoms with E-state index in [2.05, 4.69) is 5.10 Å². The van der Waals surface area contributed by atoms with Gasteiger partial charge in [0.2, 0.25) is 0 Å². The van der Waals surface area contributed by atoms with Crippen molar-refractivity contribution in [2.24, 2.45) is 0 Å². The zero-order valence-corrected chi connectivity index (χ0v) is 14.9. The Morgan fingerprint density at radius 2 is 1.84 bits per heavy atom. The molecule has 5 heteroatoms. The van der Waals surface area contributed by atoms with Gasteiger partial charge in [-0.2, -0.15) is 9.78 Å². The fourth-order valence-corrected chi connectivity index (χ4v) is 2.66. The molecule has 1 N–H and O–H groups in total. The molecule has 0 saturated heterocycles. The van der Waals surface area contributed by atoms with E-state index >= 15 is 0 Å². The summed E-state index contributed by atoms with van der Waals surface area (Å²) in [6, 6.07) is 13.3. The van der Waals surface area contributed by atoms with Crippen LogP contribution >= 0.6 is 0 Å². The molecule has 2 aromatic carbocycles. The van der Waals surface area contributed by atoms with E-state index < -0.39 is 11.7 Å². The molecule has 0 amide bonds. The Morgan fingerprint density at radius 1 is 1.16 bits per heavy atom. The lowest BCUT2D eigenvalue weighted by Crippen LogP contribution is -2.27. The molecule has 1 aromatic heterocycles. The maximum Gasteiger partial charge on any atom is 0.435 e. The molecule has 0 aliphatic carbocycles. The highest BCUT2D eigenvalue weighted by atomic mass is 16.6. The Morgan fingerprint density at radius 3 is 2.44 bits per heavy atom. The van der Waals surface area contributed by atoms with Crippen molar-refractivity contribution in [3.63, 3.8) is 0 Å². The van der Waals surface area contributed by atoms with Crippen LogP contribution in [0.15, 0.2) is 42.5 Å². The fraction of sp³-hybridized carbons (Fsp3) is 0.300. The Hall–Kier alpha value is -2.66. The molecule has 1 heterocycles. The number of aliphatic hydroxyl groups is 1. The third-order valence-electron chi connectivity index (χ3n) is 3.81. The second-order valence-corrected chi connectivity index (χ2v) is 7.12. The molecule has 0 bridgehead atoms. The van der Waals surface area contributed by atoms with Crippen molar-refractivity contribution >= 4 is 17.0 Å². The molecule has 0 radical (unpaired) electrons. The van der Waals surface area contributed by atoms with Gasteiger partial charge in [-0.25, -0.2) is 4.79 Å². The first-order valence-corrected chi connectivity index (χ1v) is 8.21. The van der Waals surface area contributed by atoms with Gasteiger partial charge in [-0.3, -0.25) is 0 Å². The summed E-state index contributed by atoms with van der Waals surface area (Å²) in [5, 5.41) is 14.6. The maximum absolute atomic E-state index is 12.5. The Bertz CT molecular complexity index is 919. The average Bonchev–Trinajstić information content (AvgIpc) is 2.92. The summed E-state index contributed by atoms with van der Waals surface area (Å²) in [5.41, 5.74) is 3.63. The van der Waals surface area contributed by atoms with Crippen molar-refractivity contribution in [1.82, 2.24) is 9.78 Å². The van der Waals surface area contributed by atoms with Crippen LogP contribution in [0.5, 0.6) is 0 Å². The molecule has 0 unspecified atom stereocenters. The molecule has 0 atom stereocenters. The number of hydrogen-bond donors (Lipinski definition) is 1. The van der Waals surface area contributed by atoms with Crippen LogP contribution in [0, 0.1) is 6.92 Å². The molecule has 130 valence electrons. The third kappa shape index (κ3) is 3.56. The standard InChI is InChI=1S/C20H22N2O3/c1-13-5-10-17-16(11-13)18(15-8-6-14(12-23)7-9-15)21-22(17)19(24)25-20(2,3)4/h5-11,23H,12H2,1-4H3. The van der Waals surface area contributed by atoms with Gasteiger partial charge >= 0.3 is 6.09 Å². The quantitative estimate of drug-likeness (QED) is 0.757. The topological polar surface area (TPSA) is 64.4 Å². The monoisotopic (exact) mass is 338 g/mol. The number of aromatic nitrogens is 2. The summed E-state index contributed by atoms with van der Waals surface area (Å²) in [6.45, 7) is 7.48. The van der Waals surface area contributed by atoms with Crippen LogP contribution in [0.1, 0.15) is 31.9 Å². The first-order valence-electron chi connectivity index (χ1n) is 8.21. The van der Waals surface area contributed by atoms with Crippen LogP contribution < -0.4 is 0 Å². The van der Waals surface area contributed by atoms with E-state index in [1.54, 1.807) is 0 Å². The summed E-state index contributed by atoms with van der Waals surface area (Å²) in [4.78, 5) is 12.5. The molecule has 0 saturated carbocycles. The number of aryl methyl sites for hydroxylation is 1. The molecule has 5 nitrogen and oxygen atoms in total. The van der Waals surface area contributed by atoms with Crippen molar-refractivity contribution in [2.75, 3.05) is 0 Å². The molecule has 25 heavy (non-hydrogen) atoms. The van der Waals surface area contributed by atoms with E-state index in [9.17, 15) is 9.90 Å². The van der Waals surface area contributed by atoms with E-state index in [1.807, 2.05) is 70.2 Å². The number of aliphatic hydroxyl groups excluding tert-OH is 1. The van der Waals surface area contributed by atoms with Crippen molar-refractivity contribution in [3.8, 4) is 11.3 Å². The summed E-state index contributed by atoms with van der Waals surface area (Å²) < 4.78 is 6.79. The van der Waals surface area contributed by atoms with Gasteiger partial charge in [-0.05, 0) is 45.4 Å². The lowest BCUT2D eigenvalue weighted by atomic mass is 10.0. The number of carbonyl (C=O) groups excluding carboxylic acids is 1. The molecule has 0 aliphatic heterocycles. The Balaban J connectivity index is 2.15. The maximum atomic E-state index is 12.5. The number of ether oxygens (including phenoxy) is 1. The second kappa shape index (κ2) is 6.33. The molecular weight excluding hydrogens is 316 g/mol. The first-order chi connectivity index (χ1) is 11.8. The van der Waals surface area contributed by atoms with Crippen molar-refractivity contribution in [1.29, 1.82) is 0 Å². The van der Waals surface area contributed by atoms with Gasteiger partial charge in [-0.1, -0.05) is 35.9 Å². The van der Waals surface area contributed by atoms with Crippen molar-refractivity contribution in [3.05, 3.63) is 53.6 Å². The van der Waals surface area contributed by atoms with Crippen LogP contribution in [0.3, 0.4) is 0 Å². The summed E-state index contributed by atoms with van der Waals surface area (Å²) in [7, 11) is 0. The van der Waals surface area contributed by atoms with Gasteiger partial charge in [0.1, 0.15) is 11.3 Å². The number of fused-ring (bicyclic) bond motifs is 1. The molecule has 3 aromatic rings. The van der Waals surface area contributed by atoms with Gasteiger partial charge in [0.25, 0.3) is 0 Å². The van der Waals surface area contributed by atoms with Gasteiger partial charge in [-0.15, -0.1) is 0 Å². The largest absolute Gasteiger partial charge is 0.442 e. The van der Waals surface area contributed by atoms with Crippen LogP contribution in [0.4, 0.5) is 4.79 Å². The van der Waals surface area contributed by atoms with E-state index in [1.165, 1.54) is 4.68 Å². The predicted octanol–water partition coefficient (Wildman–Crippen LogP) is 4.29. The van der Waals surface area contributed by atoms with Crippen molar-refractivity contribution < 1.29 is 14.6 Å². The highest BCUT2D eigenvalue weighted by Crippen LogP contribution is 2.29. The van der Waals surface area contributed by atoms with E-state index in [-0.39, 0.29) is 6.61 Å². The second-order valence-electron chi connectivity index (χ2n) is 7.12. The highest BCUT2D eigenvalue weighted by Gasteiger charge is 2.22. The van der Waals surface area contributed by atoms with E-state index in [4.69, 9.17) is 4.74 Å². The Labute approximate surface area is 146 Å². The number of benzene rings is 2. The molecular formula is C20H22N2O3. The Kier molecular flexibility index (Phi) is 4.35. The van der Waals surface area contributed by atoms with Gasteiger partial charge < -0.3 is 9.84 Å². The SMILES string of the molecule is Cc1ccc2c(c1)c(-c1ccc(CO)cc1)nn2C(=O)OC(C)(C)C. The van der Waals surface area contributed by atoms with Gasteiger partial charge in [0.15, 0.2) is 0 Å². The summed E-state index contributed by atoms with van der Waals surface area (Å²) in [6.07, 6.45) is -0.500. The van der Waals surface area contributed by atoms with E-state index in [0.29, 0.717) is 11.2 Å². The van der Waals surface area contributed by atoms with Crippen LogP contribution in [-0.4, -0.2) is 26.6 Å². The van der Waals surface area contributed by atoms with Crippen molar-refractivity contribution in [2.45, 2.75) is 39.9 Å². The summed E-state index contributed by atoms with van der Waals surface area (Å²) >= 11 is 0. The minimum absolute atomic E-state index is 0.00746. The van der Waals surface area contributed by atoms with Gasteiger partial charge in [0.05, 0.1) is 12.1 Å². The van der Waals surface area contributed by atoms with Crippen LogP contribution in [0.25, 0.3) is 22.2 Å². The van der Waals surface area contributed by atoms with Crippen LogP contribution in [-0.2, 0) is 11.3 Å². The predicted molar refractivity (Wildman–Crippen MR) is 97.5 cm³/mol. The van der Waals surface area contributed by atoms with E-state index in [0.717, 1.165) is 22.1 Å². The first kappa shape index (κ1) is 17.2. The lowest BCUT2D eigenvalue weighted by Gasteiger charge is -2.19. The number of hydrogen-bond acceptors (Lipinski definition) is 4. The van der Waals surface area contributed by atoms with Crippen LogP contribution in [0.2, 0.25) is 0 Å². The zero-order chi connectivity index (χ0) is 18.2. The molecule has 0 aliphatic rings. The smallest absolute Gasteiger partial charge is 0.435 e. The fourth-order valence-electron chi connectivity index (χ4n) is 2.66. The zero-order valence-electron chi connectivity index (χ0n) is 14.9. The number of carbonyl (C=O) groups is 1. The summed E-state index contributed by atoms with van der Waals surface area (Å²) in [5.74, 6) is 0. The minimum Gasteiger partial charge on any atom is -0.442 e.